The Hall–Kier alpha value is -3.36. The second-order valence-corrected chi connectivity index (χ2v) is 10.9. The first kappa shape index (κ1) is 25.7. The molecule has 0 aliphatic carbocycles. The molecule has 1 aliphatic heterocycles. The van der Waals surface area contributed by atoms with E-state index in [4.69, 9.17) is 9.47 Å². The molecule has 0 amide bonds. The van der Waals surface area contributed by atoms with Crippen LogP contribution >= 0.6 is 11.3 Å². The van der Waals surface area contributed by atoms with Crippen molar-refractivity contribution in [1.29, 1.82) is 0 Å². The highest BCUT2D eigenvalue weighted by atomic mass is 32.2. The lowest BCUT2D eigenvalue weighted by atomic mass is 10.1. The van der Waals surface area contributed by atoms with Crippen molar-refractivity contribution in [3.63, 3.8) is 0 Å². The van der Waals surface area contributed by atoms with Crippen molar-refractivity contribution in [2.24, 2.45) is 0 Å². The number of para-hydroxylation sites is 1. The molecule has 1 atom stereocenters. The van der Waals surface area contributed by atoms with Gasteiger partial charge in [-0.05, 0) is 37.7 Å². The number of likely N-dealkylation sites (N-methyl/N-ethyl adjacent to an activating group) is 1. The molecule has 1 fully saturated rings. The summed E-state index contributed by atoms with van der Waals surface area (Å²) in [5.41, 5.74) is -1.79. The van der Waals surface area contributed by atoms with Crippen LogP contribution in [0.2, 0.25) is 0 Å². The number of hydrogen-bond donors (Lipinski definition) is 1. The van der Waals surface area contributed by atoms with E-state index in [0.29, 0.717) is 30.8 Å². The summed E-state index contributed by atoms with van der Waals surface area (Å²) in [5.74, 6) is -0.241. The largest absolute Gasteiger partial charge is 0.488 e. The summed E-state index contributed by atoms with van der Waals surface area (Å²) in [7, 11) is -2.59. The third kappa shape index (κ3) is 5.88. The average molecular weight is 544 g/mol. The molecule has 1 saturated heterocycles. The maximum Gasteiger partial charge on any atom is 0.419 e. The summed E-state index contributed by atoms with van der Waals surface area (Å²) in [6, 6.07) is 11.6. The standard InChI is InChI=1S/C22H20F3N3O6S2/c1-27-10-9-16(13-27)33-19-11-14(7-8-17(19)22(23,24)25)26-36(31,32)20-12-18(28(29)30)21(35-20)34-15-5-3-2-4-6-15/h2-8,11-12,16,26H,9-10,13H2,1H3. The van der Waals surface area contributed by atoms with Gasteiger partial charge in [0.05, 0.1) is 22.2 Å². The van der Waals surface area contributed by atoms with Crippen molar-refractivity contribution in [2.75, 3.05) is 24.9 Å². The Bertz CT molecular complexity index is 1360. The molecule has 1 aliphatic rings. The summed E-state index contributed by atoms with van der Waals surface area (Å²) >= 11 is 0.516. The molecule has 0 bridgehead atoms. The third-order valence-electron chi connectivity index (χ3n) is 5.25. The van der Waals surface area contributed by atoms with Crippen LogP contribution in [0.1, 0.15) is 12.0 Å². The lowest BCUT2D eigenvalue weighted by Crippen LogP contribution is -2.23. The first-order valence-electron chi connectivity index (χ1n) is 10.5. The zero-order chi connectivity index (χ0) is 26.1. The van der Waals surface area contributed by atoms with Crippen LogP contribution in [0, 0.1) is 10.1 Å². The van der Waals surface area contributed by atoms with Crippen LogP contribution < -0.4 is 14.2 Å². The van der Waals surface area contributed by atoms with E-state index < -0.39 is 48.4 Å². The first-order chi connectivity index (χ1) is 16.9. The number of nitrogens with zero attached hydrogens (tertiary/aromatic N) is 2. The Kier molecular flexibility index (Phi) is 7.11. The fraction of sp³-hybridized carbons (Fsp3) is 0.273. The number of alkyl halides is 3. The van der Waals surface area contributed by atoms with Gasteiger partial charge in [0.2, 0.25) is 0 Å². The van der Waals surface area contributed by atoms with Crippen molar-refractivity contribution < 1.29 is 36.0 Å². The maximum atomic E-state index is 13.5. The zero-order valence-corrected chi connectivity index (χ0v) is 20.3. The number of halogens is 3. The Morgan fingerprint density at radius 3 is 2.50 bits per heavy atom. The van der Waals surface area contributed by atoms with Gasteiger partial charge in [0.1, 0.15) is 17.6 Å². The van der Waals surface area contributed by atoms with E-state index in [1.165, 1.54) is 0 Å². The number of benzene rings is 2. The minimum atomic E-state index is -4.71. The Morgan fingerprint density at radius 2 is 1.89 bits per heavy atom. The van der Waals surface area contributed by atoms with E-state index in [2.05, 4.69) is 4.72 Å². The molecule has 4 rings (SSSR count). The maximum absolute atomic E-state index is 13.5. The van der Waals surface area contributed by atoms with Gasteiger partial charge in [-0.25, -0.2) is 8.42 Å². The number of sulfonamides is 1. The lowest BCUT2D eigenvalue weighted by Gasteiger charge is -2.19. The van der Waals surface area contributed by atoms with E-state index >= 15 is 0 Å². The number of ether oxygens (including phenoxy) is 2. The van der Waals surface area contributed by atoms with Gasteiger partial charge < -0.3 is 14.4 Å². The van der Waals surface area contributed by atoms with E-state index in [0.717, 1.165) is 24.3 Å². The van der Waals surface area contributed by atoms with Crippen molar-refractivity contribution in [1.82, 2.24) is 4.90 Å². The summed E-state index contributed by atoms with van der Waals surface area (Å²) in [5, 5.41) is 11.2. The van der Waals surface area contributed by atoms with Crippen LogP contribution in [0.25, 0.3) is 0 Å². The highest BCUT2D eigenvalue weighted by molar-refractivity contribution is 7.94. The van der Waals surface area contributed by atoms with Crippen LogP contribution in [-0.4, -0.2) is 44.5 Å². The molecule has 36 heavy (non-hydrogen) atoms. The van der Waals surface area contributed by atoms with Crippen LogP contribution in [0.3, 0.4) is 0 Å². The summed E-state index contributed by atoms with van der Waals surface area (Å²) < 4.78 is 79.3. The average Bonchev–Trinajstić information content (AvgIpc) is 3.40. The Balaban J connectivity index is 1.62. The monoisotopic (exact) mass is 543 g/mol. The highest BCUT2D eigenvalue weighted by Crippen LogP contribution is 2.43. The first-order valence-corrected chi connectivity index (χ1v) is 12.8. The number of nitrogens with one attached hydrogen (secondary N) is 1. The van der Waals surface area contributed by atoms with Gasteiger partial charge in [-0.2, -0.15) is 13.2 Å². The smallest absolute Gasteiger partial charge is 0.419 e. The fourth-order valence-electron chi connectivity index (χ4n) is 3.57. The fourth-order valence-corrected chi connectivity index (χ4v) is 5.89. The molecule has 9 nitrogen and oxygen atoms in total. The van der Waals surface area contributed by atoms with Crippen molar-refractivity contribution in [2.45, 2.75) is 22.9 Å². The summed E-state index contributed by atoms with van der Waals surface area (Å²) in [4.78, 5) is 12.6. The van der Waals surface area contributed by atoms with E-state index in [-0.39, 0.29) is 16.5 Å². The predicted molar refractivity (Wildman–Crippen MR) is 126 cm³/mol. The summed E-state index contributed by atoms with van der Waals surface area (Å²) in [6.45, 7) is 1.08. The molecular formula is C22H20F3N3O6S2. The number of rotatable bonds is 8. The van der Waals surface area contributed by atoms with Gasteiger partial charge in [-0.3, -0.25) is 14.8 Å². The summed E-state index contributed by atoms with van der Waals surface area (Å²) in [6.07, 6.45) is -4.68. The van der Waals surface area contributed by atoms with Gasteiger partial charge in [0, 0.05) is 19.2 Å². The molecule has 3 aromatic rings. The Labute approximate surface area is 208 Å². The second-order valence-electron chi connectivity index (χ2n) is 8.02. The number of nitro groups is 1. The number of anilines is 1. The minimum Gasteiger partial charge on any atom is -0.488 e. The third-order valence-corrected chi connectivity index (χ3v) is 8.11. The molecule has 0 radical (unpaired) electrons. The molecule has 14 heteroatoms. The molecule has 0 spiro atoms. The number of thiophene rings is 1. The lowest BCUT2D eigenvalue weighted by molar-refractivity contribution is -0.385. The van der Waals surface area contributed by atoms with Crippen molar-refractivity contribution in [3.8, 4) is 16.6 Å². The molecule has 2 aromatic carbocycles. The van der Waals surface area contributed by atoms with Crippen LogP contribution in [0.5, 0.6) is 16.6 Å². The predicted octanol–water partition coefficient (Wildman–Crippen LogP) is 5.35. The minimum absolute atomic E-state index is 0.189. The molecular weight excluding hydrogens is 523 g/mol. The van der Waals surface area contributed by atoms with Crippen molar-refractivity contribution in [3.05, 3.63) is 70.3 Å². The topological polar surface area (TPSA) is 111 Å². The highest BCUT2D eigenvalue weighted by Gasteiger charge is 2.36. The second kappa shape index (κ2) is 9.95. The van der Waals surface area contributed by atoms with Crippen LogP contribution in [0.4, 0.5) is 24.5 Å². The SMILES string of the molecule is CN1CCC(Oc2cc(NS(=O)(=O)c3cc([N+](=O)[O-])c(Oc4ccccc4)s3)ccc2C(F)(F)F)C1. The number of likely N-dealkylation sites (tertiary alicyclic amines) is 1. The molecule has 192 valence electrons. The van der Waals surface area contributed by atoms with E-state index in [9.17, 15) is 31.7 Å². The van der Waals surface area contributed by atoms with E-state index in [1.54, 1.807) is 30.3 Å². The van der Waals surface area contributed by atoms with Crippen LogP contribution in [-0.2, 0) is 16.2 Å². The van der Waals surface area contributed by atoms with Gasteiger partial charge in [-0.1, -0.05) is 29.5 Å². The van der Waals surface area contributed by atoms with Gasteiger partial charge in [-0.15, -0.1) is 0 Å². The normalized spacial score (nSPS) is 16.6. The van der Waals surface area contributed by atoms with E-state index in [1.807, 2.05) is 11.9 Å². The molecule has 1 N–H and O–H groups in total. The van der Waals surface area contributed by atoms with Gasteiger partial charge >= 0.3 is 11.9 Å². The van der Waals surface area contributed by atoms with Crippen molar-refractivity contribution >= 4 is 32.7 Å². The zero-order valence-electron chi connectivity index (χ0n) is 18.7. The molecule has 1 aromatic heterocycles. The van der Waals surface area contributed by atoms with Gasteiger partial charge in [0.25, 0.3) is 15.1 Å². The molecule has 0 saturated carbocycles. The molecule has 2 heterocycles. The Morgan fingerprint density at radius 1 is 1.17 bits per heavy atom. The van der Waals surface area contributed by atoms with Gasteiger partial charge in [0.15, 0.2) is 4.21 Å². The quantitative estimate of drug-likeness (QED) is 0.301. The van der Waals surface area contributed by atoms with Crippen LogP contribution in [0.15, 0.2) is 58.8 Å². The number of hydrogen-bond acceptors (Lipinski definition) is 8. The molecule has 1 unspecified atom stereocenters.